The fraction of sp³-hybridized carbons (Fsp3) is 0.615. The lowest BCUT2D eigenvalue weighted by Gasteiger charge is -2.32. The van der Waals surface area contributed by atoms with Gasteiger partial charge in [0.15, 0.2) is 5.82 Å². The summed E-state index contributed by atoms with van der Waals surface area (Å²) < 4.78 is 0. The van der Waals surface area contributed by atoms with Gasteiger partial charge >= 0.3 is 0 Å². The average Bonchev–Trinajstić information content (AvgIpc) is 2.66. The smallest absolute Gasteiger partial charge is 0.289 e. The minimum atomic E-state index is -0.104. The summed E-state index contributed by atoms with van der Waals surface area (Å²) >= 11 is 0. The molecule has 2 amide bonds. The predicted octanol–water partition coefficient (Wildman–Crippen LogP) is 0.411. The molecule has 0 spiro atoms. The van der Waals surface area contributed by atoms with E-state index in [1.807, 2.05) is 14.0 Å². The van der Waals surface area contributed by atoms with Gasteiger partial charge in [0.05, 0.1) is 5.92 Å². The van der Waals surface area contributed by atoms with E-state index in [1.165, 1.54) is 0 Å². The second kappa shape index (κ2) is 4.36. The molecule has 0 saturated carbocycles. The second-order valence-corrected chi connectivity index (χ2v) is 5.50. The van der Waals surface area contributed by atoms with Crippen LogP contribution in [0.25, 0.3) is 0 Å². The lowest BCUT2D eigenvalue weighted by atomic mass is 9.95. The number of hydrogen-bond donors (Lipinski definition) is 1. The van der Waals surface area contributed by atoms with E-state index in [4.69, 9.17) is 0 Å². The van der Waals surface area contributed by atoms with Crippen molar-refractivity contribution >= 4 is 11.8 Å². The second-order valence-electron chi connectivity index (χ2n) is 5.50. The molecule has 102 valence electrons. The monoisotopic (exact) mass is 262 g/mol. The number of amides is 2. The summed E-state index contributed by atoms with van der Waals surface area (Å²) in [4.78, 5) is 35.1. The van der Waals surface area contributed by atoms with Gasteiger partial charge in [0.2, 0.25) is 5.91 Å². The Bertz CT molecular complexity index is 524. The Hall–Kier alpha value is -1.85. The number of hydrogen-bond acceptors (Lipinski definition) is 3. The number of piperidine rings is 1. The minimum absolute atomic E-state index is 0.0521. The number of nitrogens with zero attached hydrogens (tertiary/aromatic N) is 3. The van der Waals surface area contributed by atoms with E-state index >= 15 is 0 Å². The van der Waals surface area contributed by atoms with Crippen molar-refractivity contribution < 1.29 is 9.59 Å². The van der Waals surface area contributed by atoms with Crippen molar-refractivity contribution in [2.75, 3.05) is 20.1 Å². The van der Waals surface area contributed by atoms with Crippen molar-refractivity contribution in [3.63, 3.8) is 0 Å². The molecule has 3 aliphatic rings. The van der Waals surface area contributed by atoms with Gasteiger partial charge in [-0.05, 0) is 19.8 Å². The number of aryl methyl sites for hydroxylation is 1. The molecular formula is C13H18N4O2. The van der Waals surface area contributed by atoms with Crippen LogP contribution in [0.5, 0.6) is 0 Å². The molecule has 19 heavy (non-hydrogen) atoms. The molecule has 6 heteroatoms. The summed E-state index contributed by atoms with van der Waals surface area (Å²) in [5.74, 6) is 0.382. The van der Waals surface area contributed by atoms with Gasteiger partial charge in [-0.25, -0.2) is 4.98 Å². The van der Waals surface area contributed by atoms with E-state index in [0.717, 1.165) is 18.5 Å². The number of likely N-dealkylation sites (N-methyl/N-ethyl adjacent to an activating group) is 1. The zero-order chi connectivity index (χ0) is 13.6. The van der Waals surface area contributed by atoms with Crippen LogP contribution in [0.4, 0.5) is 0 Å². The molecule has 1 aromatic heterocycles. The molecule has 0 unspecified atom stereocenters. The number of imidazole rings is 1. The molecule has 0 aliphatic carbocycles. The maximum Gasteiger partial charge on any atom is 0.289 e. The topological polar surface area (TPSA) is 69.3 Å². The molecule has 3 saturated heterocycles. The first-order valence-corrected chi connectivity index (χ1v) is 6.64. The molecule has 4 rings (SSSR count). The summed E-state index contributed by atoms with van der Waals surface area (Å²) in [6, 6.07) is 0.145. The Morgan fingerprint density at radius 2 is 2.21 bits per heavy atom. The average molecular weight is 262 g/mol. The Kier molecular flexibility index (Phi) is 2.80. The van der Waals surface area contributed by atoms with Crippen molar-refractivity contribution in [2.45, 2.75) is 25.8 Å². The molecule has 1 aromatic rings. The number of aromatic nitrogens is 2. The van der Waals surface area contributed by atoms with Crippen LogP contribution in [0.2, 0.25) is 0 Å². The molecule has 3 fully saturated rings. The van der Waals surface area contributed by atoms with Gasteiger partial charge in [-0.15, -0.1) is 0 Å². The number of carbonyl (C=O) groups excluding carboxylic acids is 2. The third-order valence-electron chi connectivity index (χ3n) is 4.16. The third kappa shape index (κ3) is 2.01. The molecule has 4 heterocycles. The molecule has 1 N–H and O–H groups in total. The number of H-pyrrole nitrogens is 1. The Labute approximate surface area is 111 Å². The highest BCUT2D eigenvalue weighted by Gasteiger charge is 2.40. The van der Waals surface area contributed by atoms with Crippen LogP contribution in [0, 0.1) is 12.8 Å². The van der Waals surface area contributed by atoms with Crippen LogP contribution >= 0.6 is 0 Å². The SMILES string of the molecule is Cc1cnc(C(=O)N2C[C@H]3CC[C@@H](C2)N(C)C3=O)[nH]1. The van der Waals surface area contributed by atoms with E-state index in [0.29, 0.717) is 18.9 Å². The molecular weight excluding hydrogens is 244 g/mol. The van der Waals surface area contributed by atoms with Gasteiger partial charge in [-0.1, -0.05) is 0 Å². The Morgan fingerprint density at radius 3 is 2.89 bits per heavy atom. The van der Waals surface area contributed by atoms with Gasteiger partial charge in [0, 0.05) is 38.1 Å². The quantitative estimate of drug-likeness (QED) is 0.797. The van der Waals surface area contributed by atoms with Gasteiger partial charge in [-0.2, -0.15) is 0 Å². The molecule has 2 atom stereocenters. The highest BCUT2D eigenvalue weighted by Crippen LogP contribution is 2.28. The van der Waals surface area contributed by atoms with Crippen molar-refractivity contribution in [3.8, 4) is 0 Å². The summed E-state index contributed by atoms with van der Waals surface area (Å²) in [5.41, 5.74) is 0.870. The maximum atomic E-state index is 12.4. The first-order valence-electron chi connectivity index (χ1n) is 6.64. The van der Waals surface area contributed by atoms with E-state index in [9.17, 15) is 9.59 Å². The fourth-order valence-corrected chi connectivity index (χ4v) is 2.99. The Morgan fingerprint density at radius 1 is 1.42 bits per heavy atom. The largest absolute Gasteiger partial charge is 0.341 e. The lowest BCUT2D eigenvalue weighted by molar-refractivity contribution is -0.138. The normalized spacial score (nSPS) is 26.7. The van der Waals surface area contributed by atoms with Crippen LogP contribution in [-0.4, -0.2) is 57.8 Å². The minimum Gasteiger partial charge on any atom is -0.341 e. The summed E-state index contributed by atoms with van der Waals surface area (Å²) in [5, 5.41) is 0. The highest BCUT2D eigenvalue weighted by atomic mass is 16.2. The van der Waals surface area contributed by atoms with Gasteiger partial charge in [-0.3, -0.25) is 9.59 Å². The van der Waals surface area contributed by atoms with Crippen LogP contribution in [0.15, 0.2) is 6.20 Å². The lowest BCUT2D eigenvalue weighted by Crippen LogP contribution is -2.45. The summed E-state index contributed by atoms with van der Waals surface area (Å²) in [7, 11) is 1.84. The highest BCUT2D eigenvalue weighted by molar-refractivity contribution is 5.91. The number of rotatable bonds is 1. The van der Waals surface area contributed by atoms with Gasteiger partial charge in [0.1, 0.15) is 0 Å². The van der Waals surface area contributed by atoms with Crippen LogP contribution in [0.3, 0.4) is 0 Å². The van der Waals surface area contributed by atoms with Crippen molar-refractivity contribution in [2.24, 2.45) is 5.92 Å². The van der Waals surface area contributed by atoms with Crippen LogP contribution in [-0.2, 0) is 4.79 Å². The first-order chi connectivity index (χ1) is 9.06. The summed E-state index contributed by atoms with van der Waals surface area (Å²) in [6.45, 7) is 2.99. The van der Waals surface area contributed by atoms with E-state index in [-0.39, 0.29) is 23.8 Å². The molecule has 2 bridgehead atoms. The molecule has 6 nitrogen and oxygen atoms in total. The van der Waals surface area contributed by atoms with Crippen molar-refractivity contribution in [3.05, 3.63) is 17.7 Å². The van der Waals surface area contributed by atoms with Gasteiger partial charge in [0.25, 0.3) is 5.91 Å². The van der Waals surface area contributed by atoms with Crippen LogP contribution in [0.1, 0.15) is 29.2 Å². The molecule has 3 aliphatic heterocycles. The third-order valence-corrected chi connectivity index (χ3v) is 4.16. The number of nitrogens with one attached hydrogen (secondary N) is 1. The molecule has 0 aromatic carbocycles. The van der Waals surface area contributed by atoms with Crippen molar-refractivity contribution in [1.29, 1.82) is 0 Å². The molecule has 0 radical (unpaired) electrons. The zero-order valence-electron chi connectivity index (χ0n) is 11.2. The van der Waals surface area contributed by atoms with E-state index in [2.05, 4.69) is 9.97 Å². The summed E-state index contributed by atoms with van der Waals surface area (Å²) in [6.07, 6.45) is 3.51. The standard InChI is InChI=1S/C13H18N4O2/c1-8-5-14-11(15-8)13(19)17-6-9-3-4-10(7-17)16(2)12(9)18/h5,9-10H,3-4,6-7H2,1-2H3,(H,14,15)/t9-,10+/m1/s1. The first kappa shape index (κ1) is 12.2. The number of fused-ring (bicyclic) bond motifs is 4. The van der Waals surface area contributed by atoms with E-state index in [1.54, 1.807) is 16.0 Å². The zero-order valence-corrected chi connectivity index (χ0v) is 11.2. The number of aromatic amines is 1. The number of carbonyl (C=O) groups is 2. The Balaban J connectivity index is 1.83. The maximum absolute atomic E-state index is 12.4. The van der Waals surface area contributed by atoms with Crippen LogP contribution < -0.4 is 0 Å². The fourth-order valence-electron chi connectivity index (χ4n) is 2.99. The van der Waals surface area contributed by atoms with Gasteiger partial charge < -0.3 is 14.8 Å². The van der Waals surface area contributed by atoms with Crippen molar-refractivity contribution in [1.82, 2.24) is 19.8 Å². The predicted molar refractivity (Wildman–Crippen MR) is 68.5 cm³/mol. The van der Waals surface area contributed by atoms with E-state index < -0.39 is 0 Å².